The topological polar surface area (TPSA) is 77.8 Å². The van der Waals surface area contributed by atoms with Crippen LogP contribution in [0.1, 0.15) is 11.1 Å². The van der Waals surface area contributed by atoms with Crippen molar-refractivity contribution in [2.24, 2.45) is 0 Å². The molecule has 6 nitrogen and oxygen atoms in total. The molecule has 4 rings (SSSR count). The first-order valence-electron chi connectivity index (χ1n) is 9.78. The molecule has 0 radical (unpaired) electrons. The van der Waals surface area contributed by atoms with Crippen molar-refractivity contribution in [2.75, 3.05) is 11.9 Å². The minimum atomic E-state index is -0.422. The van der Waals surface area contributed by atoms with Gasteiger partial charge >= 0.3 is 5.63 Å². The summed E-state index contributed by atoms with van der Waals surface area (Å²) in [4.78, 5) is 23.8. The van der Waals surface area contributed by atoms with Crippen LogP contribution in [0.15, 0.2) is 82.0 Å². The highest BCUT2D eigenvalue weighted by Crippen LogP contribution is 2.24. The number of fused-ring (bicyclic) bond motifs is 1. The molecule has 6 heteroatoms. The predicted octanol–water partition coefficient (Wildman–Crippen LogP) is 5.22. The van der Waals surface area contributed by atoms with Crippen molar-refractivity contribution in [3.63, 3.8) is 0 Å². The van der Waals surface area contributed by atoms with E-state index in [-0.39, 0.29) is 12.5 Å². The monoisotopic (exact) mass is 415 g/mol. The summed E-state index contributed by atoms with van der Waals surface area (Å²) in [7, 11) is 0. The van der Waals surface area contributed by atoms with Gasteiger partial charge in [0.05, 0.1) is 0 Å². The van der Waals surface area contributed by atoms with Crippen LogP contribution in [-0.4, -0.2) is 12.5 Å². The van der Waals surface area contributed by atoms with Crippen LogP contribution >= 0.6 is 0 Å². The number of amides is 1. The van der Waals surface area contributed by atoms with E-state index in [1.165, 1.54) is 6.07 Å². The summed E-state index contributed by atoms with van der Waals surface area (Å²) in [5.41, 5.74) is 2.62. The maximum atomic E-state index is 12.2. The third-order valence-corrected chi connectivity index (χ3v) is 4.69. The summed E-state index contributed by atoms with van der Waals surface area (Å²) in [5, 5.41) is 3.60. The van der Waals surface area contributed by atoms with Crippen LogP contribution in [-0.2, 0) is 4.79 Å². The van der Waals surface area contributed by atoms with Crippen molar-refractivity contribution < 1.29 is 18.7 Å². The van der Waals surface area contributed by atoms with Crippen molar-refractivity contribution in [2.45, 2.75) is 13.8 Å². The van der Waals surface area contributed by atoms with Crippen LogP contribution in [0.5, 0.6) is 17.2 Å². The van der Waals surface area contributed by atoms with Crippen LogP contribution in [0.3, 0.4) is 0 Å². The number of hydrogen-bond acceptors (Lipinski definition) is 5. The molecule has 0 unspecified atom stereocenters. The molecule has 4 aromatic rings. The lowest BCUT2D eigenvalue weighted by Crippen LogP contribution is -2.20. The largest absolute Gasteiger partial charge is 0.484 e. The van der Waals surface area contributed by atoms with Crippen LogP contribution in [0.2, 0.25) is 0 Å². The zero-order valence-corrected chi connectivity index (χ0v) is 17.2. The van der Waals surface area contributed by atoms with Crippen molar-refractivity contribution in [1.82, 2.24) is 0 Å². The number of carbonyl (C=O) groups excluding carboxylic acids is 1. The smallest absolute Gasteiger partial charge is 0.336 e. The van der Waals surface area contributed by atoms with Gasteiger partial charge in [-0.15, -0.1) is 0 Å². The third-order valence-electron chi connectivity index (χ3n) is 4.69. The van der Waals surface area contributed by atoms with Gasteiger partial charge in [-0.25, -0.2) is 4.79 Å². The minimum absolute atomic E-state index is 0.177. The van der Waals surface area contributed by atoms with E-state index in [1.54, 1.807) is 42.5 Å². The zero-order valence-electron chi connectivity index (χ0n) is 17.2. The van der Waals surface area contributed by atoms with Crippen LogP contribution < -0.4 is 20.4 Å². The average molecular weight is 415 g/mol. The van der Waals surface area contributed by atoms with Gasteiger partial charge in [0.1, 0.15) is 22.8 Å². The van der Waals surface area contributed by atoms with Gasteiger partial charge in [0, 0.05) is 23.2 Å². The number of nitrogens with one attached hydrogen (secondary N) is 1. The molecule has 156 valence electrons. The number of hydrogen-bond donors (Lipinski definition) is 1. The van der Waals surface area contributed by atoms with Gasteiger partial charge in [-0.05, 0) is 67.9 Å². The molecule has 0 aliphatic heterocycles. The molecule has 0 atom stereocenters. The van der Waals surface area contributed by atoms with E-state index < -0.39 is 5.63 Å². The number of carbonyl (C=O) groups is 1. The lowest BCUT2D eigenvalue weighted by molar-refractivity contribution is -0.118. The van der Waals surface area contributed by atoms with Gasteiger partial charge in [-0.2, -0.15) is 0 Å². The molecule has 0 spiro atoms. The molecule has 1 heterocycles. The fraction of sp³-hybridized carbons (Fsp3) is 0.120. The third kappa shape index (κ3) is 5.11. The van der Waals surface area contributed by atoms with Crippen LogP contribution in [0.25, 0.3) is 11.0 Å². The number of benzene rings is 3. The summed E-state index contributed by atoms with van der Waals surface area (Å²) in [5.74, 6) is 1.56. The first-order valence-corrected chi connectivity index (χ1v) is 9.78. The molecule has 0 saturated carbocycles. The zero-order chi connectivity index (χ0) is 21.8. The summed E-state index contributed by atoms with van der Waals surface area (Å²) < 4.78 is 16.5. The Hall–Kier alpha value is -4.06. The van der Waals surface area contributed by atoms with E-state index in [0.717, 1.165) is 22.3 Å². The molecular weight excluding hydrogens is 394 g/mol. The summed E-state index contributed by atoms with van der Waals surface area (Å²) in [6, 6.07) is 21.4. The molecule has 1 aromatic heterocycles. The molecule has 0 bridgehead atoms. The van der Waals surface area contributed by atoms with E-state index >= 15 is 0 Å². The Morgan fingerprint density at radius 3 is 2.23 bits per heavy atom. The maximum Gasteiger partial charge on any atom is 0.336 e. The number of ether oxygens (including phenoxy) is 2. The molecule has 1 amide bonds. The van der Waals surface area contributed by atoms with Gasteiger partial charge in [0.2, 0.25) is 0 Å². The Balaban J connectivity index is 1.34. The normalized spacial score (nSPS) is 10.6. The van der Waals surface area contributed by atoms with Gasteiger partial charge < -0.3 is 19.2 Å². The molecule has 0 saturated heterocycles. The number of rotatable bonds is 6. The maximum absolute atomic E-state index is 12.2. The van der Waals surface area contributed by atoms with Crippen LogP contribution in [0.4, 0.5) is 5.69 Å². The molecule has 3 aromatic carbocycles. The standard InChI is InChI=1S/C25H21NO5/c1-16-3-7-19(8-4-16)30-20-9-5-18(6-10-20)26-24(27)15-29-21-11-12-22-17(2)13-25(28)31-23(22)14-21/h3-14H,15H2,1-2H3,(H,26,27). The lowest BCUT2D eigenvalue weighted by atomic mass is 10.1. The van der Waals surface area contributed by atoms with Crippen molar-refractivity contribution in [3.8, 4) is 17.2 Å². The highest BCUT2D eigenvalue weighted by Gasteiger charge is 2.07. The Kier molecular flexibility index (Phi) is 5.71. The lowest BCUT2D eigenvalue weighted by Gasteiger charge is -2.10. The molecule has 0 fully saturated rings. The Bertz CT molecular complexity index is 1270. The summed E-state index contributed by atoms with van der Waals surface area (Å²) >= 11 is 0. The molecular formula is C25H21NO5. The first kappa shape index (κ1) is 20.2. The van der Waals surface area contributed by atoms with Crippen molar-refractivity contribution >= 4 is 22.6 Å². The van der Waals surface area contributed by atoms with E-state index in [2.05, 4.69) is 5.32 Å². The van der Waals surface area contributed by atoms with E-state index in [0.29, 0.717) is 22.8 Å². The first-order chi connectivity index (χ1) is 15.0. The van der Waals surface area contributed by atoms with Gasteiger partial charge in [0.25, 0.3) is 5.91 Å². The van der Waals surface area contributed by atoms with E-state index in [4.69, 9.17) is 13.9 Å². The Morgan fingerprint density at radius 2 is 1.52 bits per heavy atom. The van der Waals surface area contributed by atoms with Crippen molar-refractivity contribution in [3.05, 3.63) is 94.3 Å². The van der Waals surface area contributed by atoms with E-state index in [9.17, 15) is 9.59 Å². The quantitative estimate of drug-likeness (QED) is 0.437. The SMILES string of the molecule is Cc1ccc(Oc2ccc(NC(=O)COc3ccc4c(C)cc(=O)oc4c3)cc2)cc1. The molecule has 0 aliphatic carbocycles. The second-order valence-corrected chi connectivity index (χ2v) is 7.18. The second-order valence-electron chi connectivity index (χ2n) is 7.18. The molecule has 0 aliphatic rings. The number of anilines is 1. The highest BCUT2D eigenvalue weighted by molar-refractivity contribution is 5.92. The summed E-state index contributed by atoms with van der Waals surface area (Å²) in [6.07, 6.45) is 0. The fourth-order valence-corrected chi connectivity index (χ4v) is 3.09. The fourth-order valence-electron chi connectivity index (χ4n) is 3.09. The average Bonchev–Trinajstić information content (AvgIpc) is 2.75. The van der Waals surface area contributed by atoms with Gasteiger partial charge in [0.15, 0.2) is 6.61 Å². The Morgan fingerprint density at radius 1 is 0.871 bits per heavy atom. The van der Waals surface area contributed by atoms with E-state index in [1.807, 2.05) is 38.1 Å². The highest BCUT2D eigenvalue weighted by atomic mass is 16.5. The van der Waals surface area contributed by atoms with Crippen molar-refractivity contribution in [1.29, 1.82) is 0 Å². The number of aryl methyl sites for hydroxylation is 2. The second kappa shape index (κ2) is 8.75. The predicted molar refractivity (Wildman–Crippen MR) is 119 cm³/mol. The Labute approximate surface area is 179 Å². The van der Waals surface area contributed by atoms with Crippen LogP contribution in [0, 0.1) is 13.8 Å². The van der Waals surface area contributed by atoms with Gasteiger partial charge in [-0.3, -0.25) is 4.79 Å². The van der Waals surface area contributed by atoms with Gasteiger partial charge in [-0.1, -0.05) is 17.7 Å². The molecule has 1 N–H and O–H groups in total. The summed E-state index contributed by atoms with van der Waals surface area (Å²) in [6.45, 7) is 3.68. The minimum Gasteiger partial charge on any atom is -0.484 e. The molecule has 31 heavy (non-hydrogen) atoms.